The zero-order valence-electron chi connectivity index (χ0n) is 11.0. The minimum absolute atomic E-state index is 0.384. The van der Waals surface area contributed by atoms with E-state index in [1.54, 1.807) is 0 Å². The quantitative estimate of drug-likeness (QED) is 0.779. The van der Waals surface area contributed by atoms with E-state index in [0.717, 1.165) is 19.3 Å². The number of nitriles is 1. The second-order valence-corrected chi connectivity index (χ2v) is 5.15. The molecule has 0 atom stereocenters. The first-order valence-corrected chi connectivity index (χ1v) is 6.92. The van der Waals surface area contributed by atoms with Crippen molar-refractivity contribution in [2.45, 2.75) is 31.6 Å². The molecule has 0 aromatic heterocycles. The molecule has 0 aliphatic heterocycles. The summed E-state index contributed by atoms with van der Waals surface area (Å²) in [6, 6.07) is 19.7. The van der Waals surface area contributed by atoms with Crippen molar-refractivity contribution in [3.63, 3.8) is 0 Å². The van der Waals surface area contributed by atoms with E-state index in [4.69, 9.17) is 5.26 Å². The molecule has 1 nitrogen and oxygen atoms in total. The maximum Gasteiger partial charge on any atom is 0.0622 e. The van der Waals surface area contributed by atoms with Gasteiger partial charge < -0.3 is 0 Å². The van der Waals surface area contributed by atoms with Gasteiger partial charge in [-0.05, 0) is 41.5 Å². The summed E-state index contributed by atoms with van der Waals surface area (Å²) in [5.74, 6) is 0.384. The van der Waals surface area contributed by atoms with Gasteiger partial charge in [0.1, 0.15) is 0 Å². The second-order valence-electron chi connectivity index (χ2n) is 5.15. The van der Waals surface area contributed by atoms with Crippen LogP contribution >= 0.6 is 0 Å². The van der Waals surface area contributed by atoms with E-state index in [0.29, 0.717) is 12.3 Å². The van der Waals surface area contributed by atoms with Crippen molar-refractivity contribution < 1.29 is 0 Å². The number of hydrogen-bond donors (Lipinski definition) is 0. The summed E-state index contributed by atoms with van der Waals surface area (Å²) in [7, 11) is 0. The normalized spacial score (nSPS) is 14.1. The molecule has 0 amide bonds. The van der Waals surface area contributed by atoms with Crippen molar-refractivity contribution >= 4 is 0 Å². The molecule has 0 N–H and O–H groups in total. The molecule has 94 valence electrons. The monoisotopic (exact) mass is 247 g/mol. The van der Waals surface area contributed by atoms with Crippen molar-refractivity contribution in [2.75, 3.05) is 0 Å². The third kappa shape index (κ3) is 2.27. The molecular weight excluding hydrogens is 230 g/mol. The van der Waals surface area contributed by atoms with Crippen LogP contribution in [0.25, 0.3) is 0 Å². The Hall–Kier alpha value is -2.07. The molecule has 2 aromatic rings. The van der Waals surface area contributed by atoms with Crippen LogP contribution in [0.5, 0.6) is 0 Å². The van der Waals surface area contributed by atoms with Crippen molar-refractivity contribution in [3.05, 3.63) is 70.8 Å². The number of rotatable bonds is 2. The van der Waals surface area contributed by atoms with Gasteiger partial charge in [0.2, 0.25) is 0 Å². The van der Waals surface area contributed by atoms with Crippen molar-refractivity contribution in [2.24, 2.45) is 0 Å². The van der Waals surface area contributed by atoms with Gasteiger partial charge in [0.25, 0.3) is 0 Å². The van der Waals surface area contributed by atoms with Gasteiger partial charge in [0.05, 0.1) is 6.07 Å². The molecule has 19 heavy (non-hydrogen) atoms. The summed E-state index contributed by atoms with van der Waals surface area (Å²) >= 11 is 0. The van der Waals surface area contributed by atoms with E-state index in [9.17, 15) is 0 Å². The fourth-order valence-electron chi connectivity index (χ4n) is 3.16. The molecule has 2 aromatic carbocycles. The predicted molar refractivity (Wildman–Crippen MR) is 77.0 cm³/mol. The number of aryl methyl sites for hydroxylation is 2. The largest absolute Gasteiger partial charge is 0.198 e. The minimum Gasteiger partial charge on any atom is -0.198 e. The van der Waals surface area contributed by atoms with Gasteiger partial charge in [-0.1, -0.05) is 48.5 Å². The predicted octanol–water partition coefficient (Wildman–Crippen LogP) is 4.22. The van der Waals surface area contributed by atoms with E-state index in [-0.39, 0.29) is 0 Å². The highest BCUT2D eigenvalue weighted by atomic mass is 14.3. The van der Waals surface area contributed by atoms with E-state index in [1.807, 2.05) is 0 Å². The van der Waals surface area contributed by atoms with Gasteiger partial charge in [-0.15, -0.1) is 0 Å². The highest BCUT2D eigenvalue weighted by Gasteiger charge is 2.22. The van der Waals surface area contributed by atoms with Crippen LogP contribution in [0.1, 0.15) is 41.0 Å². The van der Waals surface area contributed by atoms with Gasteiger partial charge in [0.15, 0.2) is 0 Å². The Morgan fingerprint density at radius 3 is 1.95 bits per heavy atom. The molecule has 0 heterocycles. The number of benzene rings is 2. The van der Waals surface area contributed by atoms with Gasteiger partial charge in [0, 0.05) is 12.3 Å². The van der Waals surface area contributed by atoms with Crippen molar-refractivity contribution in [3.8, 4) is 6.07 Å². The van der Waals surface area contributed by atoms with Crippen LogP contribution in [0.2, 0.25) is 0 Å². The van der Waals surface area contributed by atoms with Crippen LogP contribution in [0.15, 0.2) is 48.5 Å². The Morgan fingerprint density at radius 1 is 0.895 bits per heavy atom. The first kappa shape index (κ1) is 12.0. The smallest absolute Gasteiger partial charge is 0.0622 e. The second kappa shape index (κ2) is 5.28. The third-order valence-electron chi connectivity index (χ3n) is 4.07. The summed E-state index contributed by atoms with van der Waals surface area (Å²) in [6.45, 7) is 0. The van der Waals surface area contributed by atoms with Crippen LogP contribution in [-0.4, -0.2) is 0 Å². The van der Waals surface area contributed by atoms with Crippen LogP contribution in [0.4, 0.5) is 0 Å². The van der Waals surface area contributed by atoms with Gasteiger partial charge >= 0.3 is 0 Å². The Kier molecular flexibility index (Phi) is 3.33. The molecule has 0 saturated heterocycles. The lowest BCUT2D eigenvalue weighted by atomic mass is 9.85. The number of hydrogen-bond acceptors (Lipinski definition) is 1. The molecule has 0 spiro atoms. The zero-order valence-corrected chi connectivity index (χ0v) is 11.0. The Balaban J connectivity index is 2.11. The Bertz CT molecular complexity index is 574. The number of nitrogens with zero attached hydrogens (tertiary/aromatic N) is 1. The maximum atomic E-state index is 8.91. The van der Waals surface area contributed by atoms with E-state index < -0.39 is 0 Å². The molecule has 1 aliphatic carbocycles. The van der Waals surface area contributed by atoms with E-state index in [1.165, 1.54) is 22.3 Å². The molecule has 1 aliphatic rings. The SMILES string of the molecule is N#CCCC1c2ccccc2CCc2ccccc21. The Morgan fingerprint density at radius 2 is 1.42 bits per heavy atom. The van der Waals surface area contributed by atoms with E-state index in [2.05, 4.69) is 54.6 Å². The standard InChI is InChI=1S/C18H17N/c19-13-5-10-18-16-8-3-1-6-14(16)11-12-15-7-2-4-9-17(15)18/h1-4,6-9,18H,5,10-12H2. The molecule has 0 radical (unpaired) electrons. The lowest BCUT2D eigenvalue weighted by Crippen LogP contribution is -2.03. The fraction of sp³-hybridized carbons (Fsp3) is 0.278. The lowest BCUT2D eigenvalue weighted by molar-refractivity contribution is 0.729. The summed E-state index contributed by atoms with van der Waals surface area (Å²) < 4.78 is 0. The molecule has 0 unspecified atom stereocenters. The van der Waals surface area contributed by atoms with Crippen LogP contribution in [0, 0.1) is 11.3 Å². The van der Waals surface area contributed by atoms with Gasteiger partial charge in [-0.3, -0.25) is 0 Å². The summed E-state index contributed by atoms with van der Waals surface area (Å²) in [5.41, 5.74) is 5.73. The molecule has 0 fully saturated rings. The van der Waals surface area contributed by atoms with Gasteiger partial charge in [-0.2, -0.15) is 5.26 Å². The first-order chi connectivity index (χ1) is 9.40. The summed E-state index contributed by atoms with van der Waals surface area (Å²) in [6.07, 6.45) is 3.75. The topological polar surface area (TPSA) is 23.8 Å². The highest BCUT2D eigenvalue weighted by Crippen LogP contribution is 2.36. The average molecular weight is 247 g/mol. The highest BCUT2D eigenvalue weighted by molar-refractivity contribution is 5.44. The Labute approximate surface area is 114 Å². The molecule has 3 rings (SSSR count). The minimum atomic E-state index is 0.384. The molecule has 0 bridgehead atoms. The average Bonchev–Trinajstić information content (AvgIpc) is 2.62. The third-order valence-corrected chi connectivity index (χ3v) is 4.07. The first-order valence-electron chi connectivity index (χ1n) is 6.92. The van der Waals surface area contributed by atoms with Crippen LogP contribution in [-0.2, 0) is 12.8 Å². The van der Waals surface area contributed by atoms with Crippen LogP contribution in [0.3, 0.4) is 0 Å². The molecule has 1 heteroatoms. The van der Waals surface area contributed by atoms with E-state index >= 15 is 0 Å². The maximum absolute atomic E-state index is 8.91. The lowest BCUT2D eigenvalue weighted by Gasteiger charge is -2.19. The fourth-order valence-corrected chi connectivity index (χ4v) is 3.16. The van der Waals surface area contributed by atoms with Crippen molar-refractivity contribution in [1.82, 2.24) is 0 Å². The summed E-state index contributed by atoms with van der Waals surface area (Å²) in [4.78, 5) is 0. The van der Waals surface area contributed by atoms with Crippen LogP contribution < -0.4 is 0 Å². The molecule has 0 saturated carbocycles. The molecular formula is C18H17N. The summed E-state index contributed by atoms with van der Waals surface area (Å²) in [5, 5.41) is 8.91. The number of fused-ring (bicyclic) bond motifs is 2. The van der Waals surface area contributed by atoms with Crippen molar-refractivity contribution in [1.29, 1.82) is 5.26 Å². The zero-order chi connectivity index (χ0) is 13.1. The van der Waals surface area contributed by atoms with Gasteiger partial charge in [-0.25, -0.2) is 0 Å².